The quantitative estimate of drug-likeness (QED) is 0.820. The lowest BCUT2D eigenvalue weighted by Gasteiger charge is -2.01. The van der Waals surface area contributed by atoms with Crippen LogP contribution < -0.4 is 4.72 Å². The molecule has 6 heteroatoms. The van der Waals surface area contributed by atoms with Crippen LogP contribution in [-0.4, -0.2) is 23.9 Å². The van der Waals surface area contributed by atoms with Gasteiger partial charge in [-0.25, -0.2) is 8.42 Å². The maximum Gasteiger partial charge on any atom is 0.236 e. The Bertz CT molecular complexity index is 446. The molecule has 5 nitrogen and oxygen atoms in total. The molecule has 1 heterocycles. The zero-order valence-corrected chi connectivity index (χ0v) is 9.63. The van der Waals surface area contributed by atoms with Crippen molar-refractivity contribution in [2.24, 2.45) is 0 Å². The van der Waals surface area contributed by atoms with Crippen molar-refractivity contribution in [1.29, 1.82) is 0 Å². The molecule has 84 valence electrons. The van der Waals surface area contributed by atoms with E-state index in [2.05, 4.69) is 14.9 Å². The molecule has 0 aliphatic heterocycles. The molecule has 1 aromatic heterocycles. The predicted octanol–water partition coefficient (Wildman–Crippen LogP) is 1.44. The van der Waals surface area contributed by atoms with Crippen LogP contribution in [0.4, 0.5) is 5.82 Å². The van der Waals surface area contributed by atoms with Crippen LogP contribution in [0, 0.1) is 0 Å². The molecule has 2 N–H and O–H groups in total. The summed E-state index contributed by atoms with van der Waals surface area (Å²) in [5.74, 6) is 0.710. The maximum absolute atomic E-state index is 11.6. The highest BCUT2D eigenvalue weighted by atomic mass is 32.2. The first-order chi connectivity index (χ1) is 6.99. The third-order valence-corrected chi connectivity index (χ3v) is 4.27. The highest BCUT2D eigenvalue weighted by Crippen LogP contribution is 2.29. The van der Waals surface area contributed by atoms with Crippen molar-refractivity contribution >= 4 is 15.8 Å². The van der Waals surface area contributed by atoms with E-state index in [-0.39, 0.29) is 5.25 Å². The number of hydrogen-bond donors (Lipinski definition) is 2. The second-order valence-corrected chi connectivity index (χ2v) is 6.17. The molecule has 0 atom stereocenters. The molecule has 1 fully saturated rings. The number of rotatable bonds is 4. The van der Waals surface area contributed by atoms with Gasteiger partial charge < -0.3 is 0 Å². The lowest BCUT2D eigenvalue weighted by Crippen LogP contribution is -2.17. The van der Waals surface area contributed by atoms with Gasteiger partial charge in [0, 0.05) is 11.8 Å². The maximum atomic E-state index is 11.6. The molecule has 0 bridgehead atoms. The van der Waals surface area contributed by atoms with Crippen LogP contribution in [0.2, 0.25) is 0 Å². The Labute approximate surface area is 89.3 Å². The van der Waals surface area contributed by atoms with E-state index in [4.69, 9.17) is 0 Å². The SMILES string of the molecule is CC(C)c1cc(NS(=O)(=O)C2CC2)n[nH]1. The number of aromatic amines is 1. The first-order valence-corrected chi connectivity index (χ1v) is 6.60. The van der Waals surface area contributed by atoms with E-state index in [0.29, 0.717) is 11.7 Å². The predicted molar refractivity (Wildman–Crippen MR) is 58.2 cm³/mol. The van der Waals surface area contributed by atoms with Crippen molar-refractivity contribution in [3.63, 3.8) is 0 Å². The van der Waals surface area contributed by atoms with Gasteiger partial charge in [0.15, 0.2) is 5.82 Å². The molecule has 1 saturated carbocycles. The van der Waals surface area contributed by atoms with Gasteiger partial charge in [0.2, 0.25) is 10.0 Å². The molecular formula is C9H15N3O2S. The highest BCUT2D eigenvalue weighted by Gasteiger charge is 2.36. The molecule has 0 spiro atoms. The van der Waals surface area contributed by atoms with E-state index in [1.807, 2.05) is 13.8 Å². The number of hydrogen-bond acceptors (Lipinski definition) is 3. The van der Waals surface area contributed by atoms with E-state index in [9.17, 15) is 8.42 Å². The third-order valence-electron chi connectivity index (χ3n) is 2.43. The zero-order chi connectivity index (χ0) is 11.1. The summed E-state index contributed by atoms with van der Waals surface area (Å²) in [4.78, 5) is 0. The molecule has 1 aliphatic rings. The van der Waals surface area contributed by atoms with Crippen LogP contribution >= 0.6 is 0 Å². The van der Waals surface area contributed by atoms with Crippen molar-refractivity contribution in [2.45, 2.75) is 37.9 Å². The summed E-state index contributed by atoms with van der Waals surface area (Å²) >= 11 is 0. The summed E-state index contributed by atoms with van der Waals surface area (Å²) < 4.78 is 25.6. The van der Waals surface area contributed by atoms with Gasteiger partial charge in [-0.3, -0.25) is 9.82 Å². The second kappa shape index (κ2) is 3.52. The molecule has 1 aromatic rings. The summed E-state index contributed by atoms with van der Waals surface area (Å²) in [5.41, 5.74) is 0.934. The summed E-state index contributed by atoms with van der Waals surface area (Å²) in [7, 11) is -3.19. The number of H-pyrrole nitrogens is 1. The average molecular weight is 229 g/mol. The van der Waals surface area contributed by atoms with Crippen molar-refractivity contribution in [3.8, 4) is 0 Å². The van der Waals surface area contributed by atoms with Crippen LogP contribution in [0.1, 0.15) is 38.3 Å². The van der Waals surface area contributed by atoms with Gasteiger partial charge >= 0.3 is 0 Å². The van der Waals surface area contributed by atoms with Gasteiger partial charge in [-0.05, 0) is 18.8 Å². The van der Waals surface area contributed by atoms with Gasteiger partial charge in [0.05, 0.1) is 5.25 Å². The Hall–Kier alpha value is -1.04. The number of nitrogens with one attached hydrogen (secondary N) is 2. The molecular weight excluding hydrogens is 214 g/mol. The van der Waals surface area contributed by atoms with E-state index in [1.165, 1.54) is 0 Å². The third kappa shape index (κ3) is 2.31. The molecule has 2 rings (SSSR count). The van der Waals surface area contributed by atoms with Crippen molar-refractivity contribution in [2.75, 3.05) is 4.72 Å². The van der Waals surface area contributed by atoms with Crippen LogP contribution in [0.15, 0.2) is 6.07 Å². The Morgan fingerprint density at radius 1 is 1.53 bits per heavy atom. The Morgan fingerprint density at radius 3 is 2.67 bits per heavy atom. The Morgan fingerprint density at radius 2 is 2.20 bits per heavy atom. The first kappa shape index (κ1) is 10.5. The standard InChI is InChI=1S/C9H15N3O2S/c1-6(2)8-5-9(11-10-8)12-15(13,14)7-3-4-7/h5-7H,3-4H2,1-2H3,(H2,10,11,12). The highest BCUT2D eigenvalue weighted by molar-refractivity contribution is 7.93. The van der Waals surface area contributed by atoms with Crippen LogP contribution in [0.5, 0.6) is 0 Å². The molecule has 0 saturated heterocycles. The normalized spacial score (nSPS) is 17.0. The monoisotopic (exact) mass is 229 g/mol. The summed E-state index contributed by atoms with van der Waals surface area (Å²) in [6.07, 6.45) is 1.52. The largest absolute Gasteiger partial charge is 0.280 e. The Kier molecular flexibility index (Phi) is 2.46. The molecule has 0 aromatic carbocycles. The summed E-state index contributed by atoms with van der Waals surface area (Å²) in [5, 5.41) is 6.52. The topological polar surface area (TPSA) is 74.8 Å². The van der Waals surface area contributed by atoms with Gasteiger partial charge in [-0.2, -0.15) is 5.10 Å². The minimum Gasteiger partial charge on any atom is -0.280 e. The van der Waals surface area contributed by atoms with Gasteiger partial charge in [0.25, 0.3) is 0 Å². The number of nitrogens with zero attached hydrogens (tertiary/aromatic N) is 1. The first-order valence-electron chi connectivity index (χ1n) is 5.06. The lowest BCUT2D eigenvalue weighted by molar-refractivity contribution is 0.600. The minimum atomic E-state index is -3.19. The summed E-state index contributed by atoms with van der Waals surface area (Å²) in [6.45, 7) is 4.04. The van der Waals surface area contributed by atoms with E-state index < -0.39 is 10.0 Å². The smallest absolute Gasteiger partial charge is 0.236 e. The fourth-order valence-corrected chi connectivity index (χ4v) is 2.61. The molecule has 15 heavy (non-hydrogen) atoms. The van der Waals surface area contributed by atoms with Gasteiger partial charge in [-0.1, -0.05) is 13.8 Å². The summed E-state index contributed by atoms with van der Waals surface area (Å²) in [6, 6.07) is 1.74. The molecule has 0 radical (unpaired) electrons. The average Bonchev–Trinajstić information content (AvgIpc) is 2.88. The van der Waals surface area contributed by atoms with Crippen molar-refractivity contribution in [3.05, 3.63) is 11.8 Å². The van der Waals surface area contributed by atoms with Crippen LogP contribution in [-0.2, 0) is 10.0 Å². The second-order valence-electron chi connectivity index (χ2n) is 4.21. The fraction of sp³-hybridized carbons (Fsp3) is 0.667. The van der Waals surface area contributed by atoms with Crippen molar-refractivity contribution < 1.29 is 8.42 Å². The number of aromatic nitrogens is 2. The van der Waals surface area contributed by atoms with E-state index in [1.54, 1.807) is 6.07 Å². The fourth-order valence-electron chi connectivity index (χ4n) is 1.29. The van der Waals surface area contributed by atoms with Gasteiger partial charge in [-0.15, -0.1) is 0 Å². The zero-order valence-electron chi connectivity index (χ0n) is 8.82. The number of sulfonamides is 1. The van der Waals surface area contributed by atoms with Crippen LogP contribution in [0.3, 0.4) is 0 Å². The molecule has 0 unspecified atom stereocenters. The Balaban J connectivity index is 2.10. The number of anilines is 1. The molecule has 0 amide bonds. The molecule has 1 aliphatic carbocycles. The lowest BCUT2D eigenvalue weighted by atomic mass is 10.1. The van der Waals surface area contributed by atoms with Crippen LogP contribution in [0.25, 0.3) is 0 Å². The van der Waals surface area contributed by atoms with Crippen molar-refractivity contribution in [1.82, 2.24) is 10.2 Å². The van der Waals surface area contributed by atoms with E-state index >= 15 is 0 Å². The van der Waals surface area contributed by atoms with Gasteiger partial charge in [0.1, 0.15) is 0 Å². The van der Waals surface area contributed by atoms with E-state index in [0.717, 1.165) is 18.5 Å². The minimum absolute atomic E-state index is 0.211.